The predicted molar refractivity (Wildman–Crippen MR) is 228 cm³/mol. The normalized spacial score (nSPS) is 11.9. The molecule has 12 rings (SSSR count). The van der Waals surface area contributed by atoms with E-state index in [2.05, 4.69) is 150 Å². The minimum atomic E-state index is 0. The van der Waals surface area contributed by atoms with Crippen LogP contribution in [0.3, 0.4) is 0 Å². The van der Waals surface area contributed by atoms with Gasteiger partial charge < -0.3 is 14.0 Å². The molecule has 12 aromatic rings. The molecule has 5 heterocycles. The van der Waals surface area contributed by atoms with E-state index >= 15 is 0 Å². The van der Waals surface area contributed by atoms with Crippen molar-refractivity contribution in [3.05, 3.63) is 169 Å². The number of para-hydroxylation sites is 3. The van der Waals surface area contributed by atoms with Crippen molar-refractivity contribution in [3.63, 3.8) is 0 Å². The molecule has 0 bridgehead atoms. The van der Waals surface area contributed by atoms with E-state index < -0.39 is 0 Å². The number of rotatable bonds is 4. The summed E-state index contributed by atoms with van der Waals surface area (Å²) in [4.78, 5) is 15.6. The van der Waals surface area contributed by atoms with Crippen LogP contribution in [0.25, 0.3) is 111 Å². The Bertz CT molecular complexity index is 3560. The van der Waals surface area contributed by atoms with E-state index in [1.807, 2.05) is 30.5 Å². The smallest absolute Gasteiger partial charge is 0.656 e. The minimum Gasteiger partial charge on any atom is -0.656 e. The fourth-order valence-electron chi connectivity index (χ4n) is 8.86. The summed E-state index contributed by atoms with van der Waals surface area (Å²) < 4.78 is 10.9. The monoisotopic (exact) mass is 912 g/mol. The van der Waals surface area contributed by atoms with E-state index in [1.165, 1.54) is 21.9 Å². The van der Waals surface area contributed by atoms with Gasteiger partial charge in [0.15, 0.2) is 0 Å². The van der Waals surface area contributed by atoms with Gasteiger partial charge in [-0.2, -0.15) is 0 Å². The fraction of sp³-hybridized carbons (Fsp3) is 0.0400. The Morgan fingerprint density at radius 2 is 1.46 bits per heavy atom. The molecule has 0 unspecified atom stereocenters. The van der Waals surface area contributed by atoms with Gasteiger partial charge in [-0.1, -0.05) is 101 Å². The number of fused-ring (bicyclic) bond motifs is 11. The number of pyridine rings is 1. The van der Waals surface area contributed by atoms with E-state index in [-0.39, 0.29) is 21.1 Å². The van der Waals surface area contributed by atoms with Gasteiger partial charge in [-0.15, -0.1) is 34.8 Å². The summed E-state index contributed by atoms with van der Waals surface area (Å²) in [5.74, 6) is 1.68. The number of aryl methyl sites for hydroxylation is 2. The number of hydrogen-bond acceptors (Lipinski definition) is 3. The van der Waals surface area contributed by atoms with Gasteiger partial charge in [0.05, 0.1) is 11.0 Å². The summed E-state index contributed by atoms with van der Waals surface area (Å²) in [7, 11) is 0. The molecule has 272 valence electrons. The van der Waals surface area contributed by atoms with Crippen molar-refractivity contribution in [2.75, 3.05) is 0 Å². The van der Waals surface area contributed by atoms with Crippen LogP contribution in [0.5, 0.6) is 0 Å². The standard InChI is InChI=1S/C50H31N5O.Pt/c1-29-18-21-34-38(27-29)52-49-37(22-19-30(2)45(34)49)50-53-48-33(14-10-15-40(48)54(50)32-11-4-3-5-12-32)31-20-23-35-41(28-31)55(44-17-8-9-26-51-44)39-24-25-43-47(46(35)39)36-13-6-7-16-42(36)56-43;/h3-27H,1-2H3;/q-2;+2. The molecule has 0 radical (unpaired) electrons. The van der Waals surface area contributed by atoms with Gasteiger partial charge in [-0.3, -0.25) is 4.57 Å². The van der Waals surface area contributed by atoms with Crippen molar-refractivity contribution in [1.82, 2.24) is 24.1 Å². The van der Waals surface area contributed by atoms with Gasteiger partial charge in [0.1, 0.15) is 22.8 Å². The number of imidazole rings is 1. The molecule has 0 atom stereocenters. The summed E-state index contributed by atoms with van der Waals surface area (Å²) in [6.07, 6.45) is 1.84. The van der Waals surface area contributed by atoms with E-state index in [4.69, 9.17) is 19.4 Å². The second-order valence-corrected chi connectivity index (χ2v) is 14.7. The maximum absolute atomic E-state index is 6.36. The van der Waals surface area contributed by atoms with Crippen molar-refractivity contribution in [2.24, 2.45) is 0 Å². The van der Waals surface area contributed by atoms with Gasteiger partial charge in [-0.25, -0.2) is 9.97 Å². The Morgan fingerprint density at radius 3 is 2.33 bits per heavy atom. The summed E-state index contributed by atoms with van der Waals surface area (Å²) in [6.45, 7) is 4.29. The second kappa shape index (κ2) is 12.6. The summed E-state index contributed by atoms with van der Waals surface area (Å²) in [5, 5.41) is 6.73. The van der Waals surface area contributed by atoms with Crippen LogP contribution in [-0.4, -0.2) is 19.1 Å². The van der Waals surface area contributed by atoms with Gasteiger partial charge in [-0.05, 0) is 89.6 Å². The first-order chi connectivity index (χ1) is 27.6. The van der Waals surface area contributed by atoms with Crippen LogP contribution >= 0.6 is 0 Å². The average molecular weight is 913 g/mol. The topological polar surface area (TPSA) is 62.9 Å². The van der Waals surface area contributed by atoms with Crippen molar-refractivity contribution < 1.29 is 25.5 Å². The fourth-order valence-corrected chi connectivity index (χ4v) is 8.86. The zero-order valence-electron chi connectivity index (χ0n) is 30.9. The van der Waals surface area contributed by atoms with E-state index in [9.17, 15) is 0 Å². The Hall–Kier alpha value is -6.75. The molecular formula is C50H31N5OPt. The van der Waals surface area contributed by atoms with Crippen LogP contribution in [0, 0.1) is 19.9 Å². The Morgan fingerprint density at radius 1 is 0.614 bits per heavy atom. The predicted octanol–water partition coefficient (Wildman–Crippen LogP) is 12.4. The van der Waals surface area contributed by atoms with Gasteiger partial charge in [0.25, 0.3) is 0 Å². The number of nitrogens with zero attached hydrogens (tertiary/aromatic N) is 5. The van der Waals surface area contributed by atoms with Gasteiger partial charge in [0, 0.05) is 33.7 Å². The van der Waals surface area contributed by atoms with Crippen LogP contribution in [0.15, 0.2) is 156 Å². The first-order valence-corrected chi connectivity index (χ1v) is 18.9. The first kappa shape index (κ1) is 33.6. The third kappa shape index (κ3) is 4.87. The maximum Gasteiger partial charge on any atom is 2.00 e. The van der Waals surface area contributed by atoms with E-state index in [1.54, 1.807) is 0 Å². The molecule has 0 fully saturated rings. The summed E-state index contributed by atoms with van der Waals surface area (Å²) >= 11 is 0. The molecule has 0 amide bonds. The second-order valence-electron chi connectivity index (χ2n) is 14.7. The molecule has 0 aliphatic carbocycles. The molecule has 7 heteroatoms. The van der Waals surface area contributed by atoms with Crippen molar-refractivity contribution in [1.29, 1.82) is 0 Å². The van der Waals surface area contributed by atoms with E-state index in [0.717, 1.165) is 99.8 Å². The van der Waals surface area contributed by atoms with Crippen LogP contribution in [0.1, 0.15) is 11.1 Å². The third-order valence-corrected chi connectivity index (χ3v) is 11.3. The van der Waals surface area contributed by atoms with Crippen LogP contribution in [-0.2, 0) is 21.1 Å². The van der Waals surface area contributed by atoms with Gasteiger partial charge >= 0.3 is 21.1 Å². The largest absolute Gasteiger partial charge is 2.00 e. The van der Waals surface area contributed by atoms with Crippen molar-refractivity contribution in [2.45, 2.75) is 13.8 Å². The number of furan rings is 1. The summed E-state index contributed by atoms with van der Waals surface area (Å²) in [5.41, 5.74) is 14.0. The summed E-state index contributed by atoms with van der Waals surface area (Å²) in [6, 6.07) is 54.7. The molecule has 0 saturated heterocycles. The van der Waals surface area contributed by atoms with Crippen LogP contribution in [0.4, 0.5) is 0 Å². The SMILES string of the molecule is Cc1ccc2c(c1)[n-]c1c(-c3nc4c(-c5[c-]c6c(cc5)c5c7c(ccc5n6-c5ccccn5)oc5ccccc57)cccc4n3-c3ccccc3)ccc(C)c12.[Pt+2]. The van der Waals surface area contributed by atoms with Crippen molar-refractivity contribution in [3.8, 4) is 34.0 Å². The van der Waals surface area contributed by atoms with Crippen molar-refractivity contribution >= 4 is 76.6 Å². The molecule has 6 nitrogen and oxygen atoms in total. The molecule has 0 aliphatic rings. The Labute approximate surface area is 341 Å². The van der Waals surface area contributed by atoms with E-state index in [0.29, 0.717) is 0 Å². The maximum atomic E-state index is 6.36. The zero-order chi connectivity index (χ0) is 37.1. The molecule has 0 aliphatic heterocycles. The van der Waals surface area contributed by atoms with Crippen LogP contribution < -0.4 is 4.98 Å². The minimum absolute atomic E-state index is 0. The quantitative estimate of drug-likeness (QED) is 0.165. The number of benzene rings is 7. The molecule has 0 spiro atoms. The number of aromatic nitrogens is 5. The average Bonchev–Trinajstić information content (AvgIpc) is 4.00. The molecule has 5 aromatic heterocycles. The first-order valence-electron chi connectivity index (χ1n) is 18.9. The number of hydrogen-bond donors (Lipinski definition) is 0. The Kier molecular flexibility index (Phi) is 7.44. The Balaban J connectivity index is 0.00000374. The zero-order valence-corrected chi connectivity index (χ0v) is 33.2. The molecule has 7 aromatic carbocycles. The molecular weight excluding hydrogens is 882 g/mol. The molecule has 0 saturated carbocycles. The molecule has 57 heavy (non-hydrogen) atoms. The third-order valence-electron chi connectivity index (χ3n) is 11.3. The van der Waals surface area contributed by atoms with Crippen LogP contribution in [0.2, 0.25) is 0 Å². The molecule has 0 N–H and O–H groups in total. The van der Waals surface area contributed by atoms with Gasteiger partial charge in [0.2, 0.25) is 0 Å².